The van der Waals surface area contributed by atoms with E-state index >= 15 is 0 Å². The Bertz CT molecular complexity index is 382. The minimum atomic E-state index is -0.876. The molecule has 1 aromatic rings. The van der Waals surface area contributed by atoms with E-state index in [1.807, 2.05) is 0 Å². The first-order chi connectivity index (χ1) is 8.14. The van der Waals surface area contributed by atoms with Crippen LogP contribution in [-0.4, -0.2) is 10.1 Å². The monoisotopic (exact) mass is 237 g/mol. The molecule has 0 bridgehead atoms. The first-order valence-electron chi connectivity index (χ1n) is 6.47. The van der Waals surface area contributed by atoms with Gasteiger partial charge in [0.1, 0.15) is 5.82 Å². The van der Waals surface area contributed by atoms with Crippen molar-refractivity contribution in [1.29, 1.82) is 0 Å². The molecule has 3 heteroatoms. The van der Waals surface area contributed by atoms with Gasteiger partial charge < -0.3 is 5.11 Å². The number of hydrogen-bond acceptors (Lipinski definition) is 2. The fraction of sp³-hybridized carbons (Fsp3) is 0.643. The Kier molecular flexibility index (Phi) is 3.77. The second-order valence-corrected chi connectivity index (χ2v) is 5.13. The Balaban J connectivity index is 2.18. The topological polar surface area (TPSA) is 33.1 Å². The number of aliphatic hydroxyl groups is 1. The highest BCUT2D eigenvalue weighted by molar-refractivity contribution is 5.19. The molecule has 94 valence electrons. The molecule has 0 aliphatic heterocycles. The highest BCUT2D eigenvalue weighted by atomic mass is 19.1. The van der Waals surface area contributed by atoms with Gasteiger partial charge in [-0.05, 0) is 37.7 Å². The van der Waals surface area contributed by atoms with E-state index in [1.165, 1.54) is 18.7 Å². The minimum Gasteiger partial charge on any atom is -0.385 e. The number of pyridine rings is 1. The molecular formula is C14H20FNO. The van der Waals surface area contributed by atoms with E-state index in [0.29, 0.717) is 17.9 Å². The molecule has 17 heavy (non-hydrogen) atoms. The van der Waals surface area contributed by atoms with Gasteiger partial charge in [0, 0.05) is 11.8 Å². The lowest BCUT2D eigenvalue weighted by atomic mass is 9.87. The molecule has 1 aliphatic rings. The molecule has 0 amide bonds. The van der Waals surface area contributed by atoms with Crippen LogP contribution >= 0.6 is 0 Å². The first-order valence-corrected chi connectivity index (χ1v) is 6.47. The molecule has 2 atom stereocenters. The lowest BCUT2D eigenvalue weighted by Gasteiger charge is -2.27. The summed E-state index contributed by atoms with van der Waals surface area (Å²) in [6, 6.07) is 1.42. The van der Waals surface area contributed by atoms with E-state index in [0.717, 1.165) is 25.7 Å². The average molecular weight is 237 g/mol. The second-order valence-electron chi connectivity index (χ2n) is 5.13. The average Bonchev–Trinajstić information content (AvgIpc) is 2.52. The van der Waals surface area contributed by atoms with Crippen LogP contribution in [0.1, 0.15) is 51.0 Å². The molecular weight excluding hydrogens is 217 g/mol. The molecule has 2 rings (SSSR count). The van der Waals surface area contributed by atoms with Crippen LogP contribution in [0.2, 0.25) is 0 Å². The molecule has 0 spiro atoms. The third-order valence-electron chi connectivity index (χ3n) is 3.99. The lowest BCUT2D eigenvalue weighted by Crippen LogP contribution is -2.25. The molecule has 1 aromatic heterocycles. The maximum Gasteiger partial charge on any atom is 0.141 e. The zero-order valence-electron chi connectivity index (χ0n) is 10.3. The molecule has 1 saturated carbocycles. The Morgan fingerprint density at radius 2 is 2.24 bits per heavy atom. The number of hydrogen-bond donors (Lipinski definition) is 1. The summed E-state index contributed by atoms with van der Waals surface area (Å²) in [7, 11) is 0. The fourth-order valence-corrected chi connectivity index (χ4v) is 2.76. The van der Waals surface area contributed by atoms with Crippen molar-refractivity contribution in [2.45, 2.75) is 51.0 Å². The summed E-state index contributed by atoms with van der Waals surface area (Å²) in [5.74, 6) is 0.331. The molecule has 0 aromatic carbocycles. The zero-order valence-corrected chi connectivity index (χ0v) is 10.3. The summed E-state index contributed by atoms with van der Waals surface area (Å²) < 4.78 is 13.2. The molecule has 0 saturated heterocycles. The Labute approximate surface area is 102 Å². The molecule has 1 heterocycles. The molecule has 1 N–H and O–H groups in total. The molecule has 0 radical (unpaired) electrons. The van der Waals surface area contributed by atoms with Crippen LogP contribution in [0.5, 0.6) is 0 Å². The van der Waals surface area contributed by atoms with Crippen LogP contribution in [-0.2, 0) is 5.60 Å². The lowest BCUT2D eigenvalue weighted by molar-refractivity contribution is 0.0190. The number of rotatable bonds is 2. The van der Waals surface area contributed by atoms with Gasteiger partial charge >= 0.3 is 0 Å². The normalized spacial score (nSPS) is 29.9. The van der Waals surface area contributed by atoms with Crippen molar-refractivity contribution in [3.05, 3.63) is 29.8 Å². The molecule has 1 fully saturated rings. The standard InChI is InChI=1S/C14H20FNO/c1-2-11-4-3-6-14(17,7-5-11)12-8-13(15)10-16-9-12/h8-11,17H,2-7H2,1H3. The smallest absolute Gasteiger partial charge is 0.141 e. The van der Waals surface area contributed by atoms with Crippen LogP contribution in [0, 0.1) is 11.7 Å². The van der Waals surface area contributed by atoms with E-state index in [9.17, 15) is 9.50 Å². The van der Waals surface area contributed by atoms with Crippen molar-refractivity contribution in [2.24, 2.45) is 5.92 Å². The molecule has 1 aliphatic carbocycles. The summed E-state index contributed by atoms with van der Waals surface area (Å²) in [4.78, 5) is 3.84. The van der Waals surface area contributed by atoms with Crippen molar-refractivity contribution in [3.8, 4) is 0 Å². The Morgan fingerprint density at radius 1 is 1.41 bits per heavy atom. The van der Waals surface area contributed by atoms with Gasteiger partial charge in [-0.15, -0.1) is 0 Å². The van der Waals surface area contributed by atoms with Crippen molar-refractivity contribution in [3.63, 3.8) is 0 Å². The largest absolute Gasteiger partial charge is 0.385 e. The second kappa shape index (κ2) is 5.13. The van der Waals surface area contributed by atoms with Gasteiger partial charge in [0.2, 0.25) is 0 Å². The highest BCUT2D eigenvalue weighted by Gasteiger charge is 2.32. The van der Waals surface area contributed by atoms with E-state index in [2.05, 4.69) is 11.9 Å². The van der Waals surface area contributed by atoms with Crippen molar-refractivity contribution in [2.75, 3.05) is 0 Å². The summed E-state index contributed by atoms with van der Waals surface area (Å²) in [6.45, 7) is 2.19. The number of halogens is 1. The van der Waals surface area contributed by atoms with E-state index < -0.39 is 5.60 Å². The highest BCUT2D eigenvalue weighted by Crippen LogP contribution is 2.38. The Morgan fingerprint density at radius 3 is 2.94 bits per heavy atom. The summed E-state index contributed by atoms with van der Waals surface area (Å²) in [5.41, 5.74) is -0.242. The predicted octanol–water partition coefficient (Wildman–Crippen LogP) is 3.40. The molecule has 2 nitrogen and oxygen atoms in total. The maximum atomic E-state index is 13.2. The van der Waals surface area contributed by atoms with E-state index in [-0.39, 0.29) is 5.82 Å². The predicted molar refractivity (Wildman–Crippen MR) is 65.0 cm³/mol. The fourth-order valence-electron chi connectivity index (χ4n) is 2.76. The summed E-state index contributed by atoms with van der Waals surface area (Å²) >= 11 is 0. The van der Waals surface area contributed by atoms with Crippen LogP contribution in [0.3, 0.4) is 0 Å². The summed E-state index contributed by atoms with van der Waals surface area (Å²) in [5, 5.41) is 10.7. The zero-order chi connectivity index (χ0) is 12.3. The minimum absolute atomic E-state index is 0.368. The van der Waals surface area contributed by atoms with E-state index in [4.69, 9.17) is 0 Å². The van der Waals surface area contributed by atoms with Crippen molar-refractivity contribution in [1.82, 2.24) is 4.98 Å². The number of aromatic nitrogens is 1. The number of nitrogens with zero attached hydrogens (tertiary/aromatic N) is 1. The molecule has 2 unspecified atom stereocenters. The third kappa shape index (κ3) is 2.83. The SMILES string of the molecule is CCC1CCCC(O)(c2cncc(F)c2)CC1. The van der Waals surface area contributed by atoms with Crippen LogP contribution < -0.4 is 0 Å². The van der Waals surface area contributed by atoms with Gasteiger partial charge in [-0.1, -0.05) is 19.8 Å². The Hall–Kier alpha value is -0.960. The van der Waals surface area contributed by atoms with Gasteiger partial charge in [-0.3, -0.25) is 4.98 Å². The van der Waals surface area contributed by atoms with Gasteiger partial charge in [0.05, 0.1) is 11.8 Å². The van der Waals surface area contributed by atoms with Crippen LogP contribution in [0.15, 0.2) is 18.5 Å². The summed E-state index contributed by atoms with van der Waals surface area (Å²) in [6.07, 6.45) is 8.56. The van der Waals surface area contributed by atoms with Gasteiger partial charge in [0.15, 0.2) is 0 Å². The maximum absolute atomic E-state index is 13.2. The third-order valence-corrected chi connectivity index (χ3v) is 3.99. The quantitative estimate of drug-likeness (QED) is 0.800. The van der Waals surface area contributed by atoms with Crippen LogP contribution in [0.4, 0.5) is 4.39 Å². The van der Waals surface area contributed by atoms with Gasteiger partial charge in [0.25, 0.3) is 0 Å². The van der Waals surface area contributed by atoms with E-state index in [1.54, 1.807) is 6.20 Å². The van der Waals surface area contributed by atoms with Gasteiger partial charge in [-0.25, -0.2) is 4.39 Å². The van der Waals surface area contributed by atoms with Crippen molar-refractivity contribution >= 4 is 0 Å². The van der Waals surface area contributed by atoms with Crippen molar-refractivity contribution < 1.29 is 9.50 Å². The first kappa shape index (κ1) is 12.5. The van der Waals surface area contributed by atoms with Crippen LogP contribution in [0.25, 0.3) is 0 Å². The van der Waals surface area contributed by atoms with Gasteiger partial charge in [-0.2, -0.15) is 0 Å².